The van der Waals surface area contributed by atoms with Crippen molar-refractivity contribution in [3.8, 4) is 11.5 Å². The molecule has 2 aromatic carbocycles. The number of carbonyl (C=O) groups is 1. The summed E-state index contributed by atoms with van der Waals surface area (Å²) in [7, 11) is 0. The average Bonchev–Trinajstić information content (AvgIpc) is 2.88. The molecule has 2 heterocycles. The van der Waals surface area contributed by atoms with Gasteiger partial charge in [-0.25, -0.2) is 0 Å². The van der Waals surface area contributed by atoms with Crippen molar-refractivity contribution >= 4 is 5.78 Å². The molecule has 2 aliphatic heterocycles. The second kappa shape index (κ2) is 11.9. The number of ether oxygens (including phenoxy) is 3. The number of carbonyl (C=O) groups excluding carboxylic acids is 1. The number of ketones is 1. The van der Waals surface area contributed by atoms with E-state index in [0.717, 1.165) is 11.1 Å². The van der Waals surface area contributed by atoms with E-state index in [1.807, 2.05) is 24.3 Å². The molecule has 0 spiro atoms. The molecule has 0 unspecified atom stereocenters. The van der Waals surface area contributed by atoms with Gasteiger partial charge in [-0.3, -0.25) is 4.79 Å². The van der Waals surface area contributed by atoms with Crippen molar-refractivity contribution in [2.24, 2.45) is 0 Å². The number of aliphatic hydroxyl groups is 4. The van der Waals surface area contributed by atoms with Crippen LogP contribution in [0.4, 0.5) is 0 Å². The summed E-state index contributed by atoms with van der Waals surface area (Å²) in [5.74, 6) is 1.34. The number of rotatable bonds is 9. The number of hydrogen-bond donors (Lipinski definition) is 5. The summed E-state index contributed by atoms with van der Waals surface area (Å²) >= 11 is 0. The normalized spacial score (nSPS) is 28.3. The van der Waals surface area contributed by atoms with Crippen molar-refractivity contribution in [3.05, 3.63) is 71.5 Å². The van der Waals surface area contributed by atoms with Gasteiger partial charge in [0.15, 0.2) is 5.78 Å². The van der Waals surface area contributed by atoms with Crippen LogP contribution in [-0.4, -0.2) is 74.7 Å². The van der Waals surface area contributed by atoms with Crippen molar-refractivity contribution in [1.29, 1.82) is 0 Å². The van der Waals surface area contributed by atoms with Gasteiger partial charge in [-0.1, -0.05) is 24.3 Å². The predicted molar refractivity (Wildman–Crippen MR) is 128 cm³/mol. The first-order valence-corrected chi connectivity index (χ1v) is 12.1. The van der Waals surface area contributed by atoms with Gasteiger partial charge in [-0.05, 0) is 54.7 Å². The van der Waals surface area contributed by atoms with Crippen LogP contribution < -0.4 is 4.74 Å². The highest BCUT2D eigenvalue weighted by Crippen LogP contribution is 2.26. The topological polar surface area (TPSA) is 146 Å². The number of aliphatic hydroxyl groups excluding tert-OH is 4. The minimum Gasteiger partial charge on any atom is -0.508 e. The molecule has 0 bridgehead atoms. The van der Waals surface area contributed by atoms with Crippen LogP contribution in [0.1, 0.15) is 30.4 Å². The summed E-state index contributed by atoms with van der Waals surface area (Å²) in [5, 5.41) is 48.6. The Morgan fingerprint density at radius 2 is 1.53 bits per heavy atom. The maximum absolute atomic E-state index is 12.2. The molecule has 9 nitrogen and oxygen atoms in total. The van der Waals surface area contributed by atoms with Crippen LogP contribution >= 0.6 is 0 Å². The van der Waals surface area contributed by atoms with Crippen LogP contribution in [0.5, 0.6) is 11.5 Å². The first-order valence-electron chi connectivity index (χ1n) is 12.1. The van der Waals surface area contributed by atoms with Gasteiger partial charge in [0.1, 0.15) is 47.8 Å². The Balaban J connectivity index is 1.26. The molecule has 4 rings (SSSR count). The van der Waals surface area contributed by atoms with Crippen molar-refractivity contribution in [2.45, 2.75) is 68.9 Å². The molecule has 194 valence electrons. The average molecular weight is 501 g/mol. The molecular weight excluding hydrogens is 468 g/mol. The minimum atomic E-state index is -1.50. The Hall–Kier alpha value is -2.95. The summed E-state index contributed by atoms with van der Waals surface area (Å²) in [6, 6.07) is 14.1. The van der Waals surface area contributed by atoms with Crippen molar-refractivity contribution in [3.63, 3.8) is 0 Å². The lowest BCUT2D eigenvalue weighted by molar-refractivity contribution is -0.277. The molecule has 0 aromatic heterocycles. The van der Waals surface area contributed by atoms with E-state index < -0.39 is 37.3 Å². The minimum absolute atomic E-state index is 0.0511. The van der Waals surface area contributed by atoms with Gasteiger partial charge in [-0.15, -0.1) is 0 Å². The zero-order valence-corrected chi connectivity index (χ0v) is 19.8. The number of allylic oxidation sites excluding steroid dienone is 2. The summed E-state index contributed by atoms with van der Waals surface area (Å²) < 4.78 is 17.0. The van der Waals surface area contributed by atoms with Crippen molar-refractivity contribution < 1.29 is 44.5 Å². The zero-order chi connectivity index (χ0) is 25.7. The molecule has 2 aromatic rings. The molecule has 36 heavy (non-hydrogen) atoms. The summed E-state index contributed by atoms with van der Waals surface area (Å²) in [6.45, 7) is -0.525. The Morgan fingerprint density at radius 3 is 2.22 bits per heavy atom. The number of benzene rings is 2. The molecule has 6 atom stereocenters. The maximum atomic E-state index is 12.2. The van der Waals surface area contributed by atoms with E-state index in [9.17, 15) is 30.3 Å². The van der Waals surface area contributed by atoms with Crippen LogP contribution in [0.2, 0.25) is 0 Å². The van der Waals surface area contributed by atoms with E-state index in [2.05, 4.69) is 0 Å². The maximum Gasteiger partial charge on any atom is 0.229 e. The van der Waals surface area contributed by atoms with Crippen molar-refractivity contribution in [1.82, 2.24) is 0 Å². The largest absolute Gasteiger partial charge is 0.508 e. The highest BCUT2D eigenvalue weighted by atomic mass is 16.7. The fourth-order valence-electron chi connectivity index (χ4n) is 4.34. The van der Waals surface area contributed by atoms with Crippen molar-refractivity contribution in [2.75, 3.05) is 6.61 Å². The smallest absolute Gasteiger partial charge is 0.229 e. The van der Waals surface area contributed by atoms with E-state index in [1.165, 1.54) is 0 Å². The second-order valence-corrected chi connectivity index (χ2v) is 9.19. The lowest BCUT2D eigenvalue weighted by atomic mass is 9.99. The van der Waals surface area contributed by atoms with Gasteiger partial charge in [-0.2, -0.15) is 0 Å². The fourth-order valence-corrected chi connectivity index (χ4v) is 4.34. The molecule has 9 heteroatoms. The number of hydrogen-bond acceptors (Lipinski definition) is 9. The molecule has 1 saturated heterocycles. The number of aryl methyl sites for hydroxylation is 2. The fraction of sp³-hybridized carbons (Fsp3) is 0.444. The van der Waals surface area contributed by atoms with Gasteiger partial charge < -0.3 is 39.7 Å². The van der Waals surface area contributed by atoms with E-state index in [0.29, 0.717) is 43.6 Å². The molecule has 0 amide bonds. The molecular formula is C27H32O9. The second-order valence-electron chi connectivity index (χ2n) is 9.19. The third kappa shape index (κ3) is 6.63. The number of phenols is 1. The summed E-state index contributed by atoms with van der Waals surface area (Å²) in [4.78, 5) is 12.2. The van der Waals surface area contributed by atoms with Crippen LogP contribution in [0.15, 0.2) is 60.4 Å². The van der Waals surface area contributed by atoms with Gasteiger partial charge in [0.25, 0.3) is 0 Å². The summed E-state index contributed by atoms with van der Waals surface area (Å²) in [6.07, 6.45) is -2.32. The molecule has 0 aliphatic carbocycles. The summed E-state index contributed by atoms with van der Waals surface area (Å²) in [5.41, 5.74) is 2.06. The highest BCUT2D eigenvalue weighted by molar-refractivity contribution is 5.91. The Bertz CT molecular complexity index is 1030. The number of aromatic hydroxyl groups is 1. The highest BCUT2D eigenvalue weighted by Gasteiger charge is 2.44. The van der Waals surface area contributed by atoms with E-state index in [1.54, 1.807) is 30.3 Å². The van der Waals surface area contributed by atoms with Crippen LogP contribution in [-0.2, 0) is 27.1 Å². The monoisotopic (exact) mass is 500 g/mol. The Kier molecular flexibility index (Phi) is 8.60. The molecule has 5 N–H and O–H groups in total. The van der Waals surface area contributed by atoms with E-state index in [4.69, 9.17) is 14.2 Å². The molecule has 2 aliphatic rings. The van der Waals surface area contributed by atoms with Gasteiger partial charge in [0, 0.05) is 18.9 Å². The Labute approximate surface area is 209 Å². The Morgan fingerprint density at radius 1 is 0.861 bits per heavy atom. The van der Waals surface area contributed by atoms with Crippen LogP contribution in [0, 0.1) is 0 Å². The molecule has 1 fully saturated rings. The van der Waals surface area contributed by atoms with Crippen LogP contribution in [0.3, 0.4) is 0 Å². The standard InChI is InChI=1S/C27H32O9/c28-15-23-24(31)25(32)26(33)27(36-23)35-20-9-3-17(4-10-20)6-12-22-14-19(30)13-21(34-22)11-5-16-1-7-18(29)8-2-16/h1-4,7-10,13,22-29,31-33H,5-6,11-12,14-15H2/t22-,23-,24-,25+,26-,27-/m1/s1. The zero-order valence-electron chi connectivity index (χ0n) is 19.8. The first-order chi connectivity index (χ1) is 17.3. The van der Waals surface area contributed by atoms with Gasteiger partial charge in [0.2, 0.25) is 6.29 Å². The third-order valence-electron chi connectivity index (χ3n) is 6.44. The van der Waals surface area contributed by atoms with Gasteiger partial charge in [0.05, 0.1) is 6.61 Å². The first kappa shape index (κ1) is 26.1. The lowest BCUT2D eigenvalue weighted by Gasteiger charge is -2.39. The van der Waals surface area contributed by atoms with Crippen LogP contribution in [0.25, 0.3) is 0 Å². The van der Waals surface area contributed by atoms with E-state index in [-0.39, 0.29) is 17.6 Å². The third-order valence-corrected chi connectivity index (χ3v) is 6.44. The SMILES string of the molecule is O=C1C=C(CCc2ccc(O)cc2)O[C@H](CCc2ccc(O[C@@H]3O[C@H](CO)[C@@H](O)[C@H](O)[C@H]3O)cc2)C1. The van der Waals surface area contributed by atoms with Gasteiger partial charge >= 0.3 is 0 Å². The molecule has 0 radical (unpaired) electrons. The quantitative estimate of drug-likeness (QED) is 0.345. The number of phenolic OH excluding ortho intramolecular Hbond substituents is 1. The van der Waals surface area contributed by atoms with E-state index >= 15 is 0 Å². The molecule has 0 saturated carbocycles. The lowest BCUT2D eigenvalue weighted by Crippen LogP contribution is -2.60. The predicted octanol–water partition coefficient (Wildman–Crippen LogP) is 1.38.